The Hall–Kier alpha value is -0.820. The highest BCUT2D eigenvalue weighted by atomic mass is 14.9. The summed E-state index contributed by atoms with van der Waals surface area (Å²) in [7, 11) is 0. The first-order valence-corrected chi connectivity index (χ1v) is 6.65. The van der Waals surface area contributed by atoms with E-state index in [1.165, 1.54) is 17.5 Å². The summed E-state index contributed by atoms with van der Waals surface area (Å²) in [5, 5.41) is 3.50. The zero-order chi connectivity index (χ0) is 12.9. The van der Waals surface area contributed by atoms with Crippen molar-refractivity contribution in [2.75, 3.05) is 6.54 Å². The van der Waals surface area contributed by atoms with Gasteiger partial charge in [-0.3, -0.25) is 0 Å². The summed E-state index contributed by atoms with van der Waals surface area (Å²) in [6.45, 7) is 13.3. The van der Waals surface area contributed by atoms with Gasteiger partial charge in [0, 0.05) is 13.1 Å². The SMILES string of the molecule is CC(C)Cc1ccc(CNCC(C)(C)C)cc1. The predicted octanol–water partition coefficient (Wildman–Crippen LogP) is 4.02. The number of rotatable bonds is 5. The molecule has 1 rings (SSSR count). The molecular formula is C16H27N. The molecule has 17 heavy (non-hydrogen) atoms. The van der Waals surface area contributed by atoms with E-state index in [1.54, 1.807) is 0 Å². The number of hydrogen-bond donors (Lipinski definition) is 1. The van der Waals surface area contributed by atoms with E-state index >= 15 is 0 Å². The molecule has 0 saturated carbocycles. The summed E-state index contributed by atoms with van der Waals surface area (Å²) < 4.78 is 0. The predicted molar refractivity (Wildman–Crippen MR) is 76.1 cm³/mol. The minimum atomic E-state index is 0.359. The third kappa shape index (κ3) is 6.48. The van der Waals surface area contributed by atoms with Gasteiger partial charge < -0.3 is 5.32 Å². The molecule has 1 aromatic carbocycles. The van der Waals surface area contributed by atoms with Crippen molar-refractivity contribution in [1.82, 2.24) is 5.32 Å². The normalized spacial score (nSPS) is 12.1. The monoisotopic (exact) mass is 233 g/mol. The highest BCUT2D eigenvalue weighted by Gasteiger charge is 2.08. The topological polar surface area (TPSA) is 12.0 Å². The highest BCUT2D eigenvalue weighted by molar-refractivity contribution is 5.22. The van der Waals surface area contributed by atoms with Crippen LogP contribution in [0.3, 0.4) is 0 Å². The van der Waals surface area contributed by atoms with Gasteiger partial charge in [0.05, 0.1) is 0 Å². The Morgan fingerprint density at radius 1 is 1.00 bits per heavy atom. The van der Waals surface area contributed by atoms with Crippen LogP contribution >= 0.6 is 0 Å². The third-order valence-corrected chi connectivity index (χ3v) is 2.65. The largest absolute Gasteiger partial charge is 0.312 e. The van der Waals surface area contributed by atoms with E-state index < -0.39 is 0 Å². The zero-order valence-electron chi connectivity index (χ0n) is 12.0. The second kappa shape index (κ2) is 6.20. The summed E-state index contributed by atoms with van der Waals surface area (Å²) in [6.07, 6.45) is 1.18. The second-order valence-corrected chi connectivity index (χ2v) is 6.58. The van der Waals surface area contributed by atoms with Gasteiger partial charge in [-0.25, -0.2) is 0 Å². The minimum absolute atomic E-state index is 0.359. The van der Waals surface area contributed by atoms with Crippen LogP contribution in [0.2, 0.25) is 0 Å². The highest BCUT2D eigenvalue weighted by Crippen LogP contribution is 2.12. The number of hydrogen-bond acceptors (Lipinski definition) is 1. The molecule has 1 aromatic rings. The lowest BCUT2D eigenvalue weighted by Crippen LogP contribution is -2.26. The molecule has 0 amide bonds. The molecule has 0 radical (unpaired) electrons. The molecule has 96 valence electrons. The van der Waals surface area contributed by atoms with Crippen molar-refractivity contribution >= 4 is 0 Å². The van der Waals surface area contributed by atoms with Crippen molar-refractivity contribution in [3.63, 3.8) is 0 Å². The number of benzene rings is 1. The molecule has 0 atom stereocenters. The van der Waals surface area contributed by atoms with Gasteiger partial charge in [-0.05, 0) is 28.9 Å². The molecule has 0 bridgehead atoms. The van der Waals surface area contributed by atoms with Crippen LogP contribution in [0.25, 0.3) is 0 Å². The van der Waals surface area contributed by atoms with Crippen LogP contribution in [0.15, 0.2) is 24.3 Å². The van der Waals surface area contributed by atoms with Crippen molar-refractivity contribution in [3.8, 4) is 0 Å². The molecule has 0 aliphatic carbocycles. The van der Waals surface area contributed by atoms with Crippen molar-refractivity contribution < 1.29 is 0 Å². The van der Waals surface area contributed by atoms with Gasteiger partial charge in [0.1, 0.15) is 0 Å². The maximum atomic E-state index is 3.50. The first-order chi connectivity index (χ1) is 7.87. The Morgan fingerprint density at radius 3 is 2.00 bits per heavy atom. The van der Waals surface area contributed by atoms with Gasteiger partial charge in [0.15, 0.2) is 0 Å². The van der Waals surface area contributed by atoms with Crippen LogP contribution in [-0.4, -0.2) is 6.54 Å². The van der Waals surface area contributed by atoms with Gasteiger partial charge in [-0.1, -0.05) is 58.9 Å². The minimum Gasteiger partial charge on any atom is -0.312 e. The second-order valence-electron chi connectivity index (χ2n) is 6.58. The first kappa shape index (κ1) is 14.2. The molecule has 0 aliphatic heterocycles. The van der Waals surface area contributed by atoms with Crippen LogP contribution in [0.1, 0.15) is 45.7 Å². The van der Waals surface area contributed by atoms with Crippen molar-refractivity contribution in [1.29, 1.82) is 0 Å². The molecule has 1 N–H and O–H groups in total. The van der Waals surface area contributed by atoms with Gasteiger partial charge in [-0.2, -0.15) is 0 Å². The number of nitrogens with one attached hydrogen (secondary N) is 1. The van der Waals surface area contributed by atoms with Crippen molar-refractivity contribution in [3.05, 3.63) is 35.4 Å². The first-order valence-electron chi connectivity index (χ1n) is 6.65. The Kier molecular flexibility index (Phi) is 5.20. The molecule has 0 aliphatic rings. The summed E-state index contributed by atoms with van der Waals surface area (Å²) >= 11 is 0. The summed E-state index contributed by atoms with van der Waals surface area (Å²) in [5.74, 6) is 0.736. The maximum Gasteiger partial charge on any atom is 0.0205 e. The molecule has 0 fully saturated rings. The zero-order valence-corrected chi connectivity index (χ0v) is 12.0. The fraction of sp³-hybridized carbons (Fsp3) is 0.625. The Balaban J connectivity index is 2.40. The lowest BCUT2D eigenvalue weighted by atomic mass is 9.97. The van der Waals surface area contributed by atoms with Crippen LogP contribution < -0.4 is 5.32 Å². The van der Waals surface area contributed by atoms with E-state index in [-0.39, 0.29) is 0 Å². The van der Waals surface area contributed by atoms with E-state index in [0.717, 1.165) is 19.0 Å². The van der Waals surface area contributed by atoms with Crippen LogP contribution in [-0.2, 0) is 13.0 Å². The fourth-order valence-electron chi connectivity index (χ4n) is 1.85. The van der Waals surface area contributed by atoms with Crippen LogP contribution in [0.4, 0.5) is 0 Å². The average Bonchev–Trinajstić information content (AvgIpc) is 2.18. The van der Waals surface area contributed by atoms with Crippen LogP contribution in [0.5, 0.6) is 0 Å². The van der Waals surface area contributed by atoms with E-state index in [0.29, 0.717) is 5.41 Å². The molecule has 1 nitrogen and oxygen atoms in total. The molecule has 1 heteroatoms. The van der Waals surface area contributed by atoms with Crippen LogP contribution in [0, 0.1) is 11.3 Å². The lowest BCUT2D eigenvalue weighted by molar-refractivity contribution is 0.379. The Labute approximate surface area is 107 Å². The molecule has 0 heterocycles. The Bertz CT molecular complexity index is 316. The van der Waals surface area contributed by atoms with E-state index in [2.05, 4.69) is 64.2 Å². The van der Waals surface area contributed by atoms with Gasteiger partial charge >= 0.3 is 0 Å². The van der Waals surface area contributed by atoms with E-state index in [1.807, 2.05) is 0 Å². The van der Waals surface area contributed by atoms with Crippen molar-refractivity contribution in [2.24, 2.45) is 11.3 Å². The molecule has 0 saturated heterocycles. The maximum absolute atomic E-state index is 3.50. The molecular weight excluding hydrogens is 206 g/mol. The fourth-order valence-corrected chi connectivity index (χ4v) is 1.85. The molecule has 0 aromatic heterocycles. The van der Waals surface area contributed by atoms with Crippen molar-refractivity contribution in [2.45, 2.75) is 47.6 Å². The van der Waals surface area contributed by atoms with Gasteiger partial charge in [0.25, 0.3) is 0 Å². The van der Waals surface area contributed by atoms with E-state index in [4.69, 9.17) is 0 Å². The van der Waals surface area contributed by atoms with Gasteiger partial charge in [0.2, 0.25) is 0 Å². The summed E-state index contributed by atoms with van der Waals surface area (Å²) in [5.41, 5.74) is 3.18. The molecule has 0 unspecified atom stereocenters. The Morgan fingerprint density at radius 2 is 1.53 bits per heavy atom. The molecule has 0 spiro atoms. The van der Waals surface area contributed by atoms with Gasteiger partial charge in [-0.15, -0.1) is 0 Å². The summed E-state index contributed by atoms with van der Waals surface area (Å²) in [6, 6.07) is 9.00. The smallest absolute Gasteiger partial charge is 0.0205 e. The standard InChI is InChI=1S/C16H27N/c1-13(2)10-14-6-8-15(9-7-14)11-17-12-16(3,4)5/h6-9,13,17H,10-12H2,1-5H3. The lowest BCUT2D eigenvalue weighted by Gasteiger charge is -2.18. The quantitative estimate of drug-likeness (QED) is 0.810. The summed E-state index contributed by atoms with van der Waals surface area (Å²) in [4.78, 5) is 0. The van der Waals surface area contributed by atoms with E-state index in [9.17, 15) is 0 Å². The average molecular weight is 233 g/mol. The third-order valence-electron chi connectivity index (χ3n) is 2.65.